The summed E-state index contributed by atoms with van der Waals surface area (Å²) in [5.41, 5.74) is 3.06. The third-order valence-electron chi connectivity index (χ3n) is 7.39. The topological polar surface area (TPSA) is 112 Å². The van der Waals surface area contributed by atoms with Gasteiger partial charge in [-0.05, 0) is 72.9 Å². The Morgan fingerprint density at radius 1 is 1.07 bits per heavy atom. The minimum atomic E-state index is -0.302. The summed E-state index contributed by atoms with van der Waals surface area (Å²) in [4.78, 5) is 24.6. The molecule has 0 radical (unpaired) electrons. The van der Waals surface area contributed by atoms with Gasteiger partial charge in [-0.15, -0.1) is 0 Å². The maximum atomic E-state index is 13.2. The maximum Gasteiger partial charge on any atom is 0.251 e. The predicted molar refractivity (Wildman–Crippen MR) is 170 cm³/mol. The molecule has 1 aromatic heterocycles. The molecule has 1 aliphatic rings. The van der Waals surface area contributed by atoms with Gasteiger partial charge >= 0.3 is 0 Å². The molecule has 1 aliphatic heterocycles. The van der Waals surface area contributed by atoms with E-state index in [2.05, 4.69) is 20.5 Å². The quantitative estimate of drug-likeness (QED) is 0.170. The number of piperidine rings is 1. The second kappa shape index (κ2) is 14.8. The van der Waals surface area contributed by atoms with Crippen molar-refractivity contribution in [3.8, 4) is 22.9 Å². The van der Waals surface area contributed by atoms with Crippen molar-refractivity contribution in [2.75, 3.05) is 37.0 Å². The van der Waals surface area contributed by atoms with Crippen LogP contribution in [0, 0.1) is 17.1 Å². The molecule has 9 nitrogen and oxygen atoms in total. The van der Waals surface area contributed by atoms with E-state index in [4.69, 9.17) is 19.9 Å². The molecule has 0 bridgehead atoms. The molecule has 5 rings (SSSR count). The van der Waals surface area contributed by atoms with Crippen LogP contribution in [0.15, 0.2) is 91.3 Å². The molecule has 226 valence electrons. The number of rotatable bonds is 12. The smallest absolute Gasteiger partial charge is 0.251 e. The molecule has 0 saturated carbocycles. The Hall–Kier alpha value is -5.25. The molecule has 1 saturated heterocycles. The summed E-state index contributed by atoms with van der Waals surface area (Å²) in [6.07, 6.45) is 8.15. The first-order valence-corrected chi connectivity index (χ1v) is 14.5. The summed E-state index contributed by atoms with van der Waals surface area (Å²) in [6, 6.07) is 21.0. The Bertz CT molecular complexity index is 1600. The van der Waals surface area contributed by atoms with E-state index in [1.165, 1.54) is 18.3 Å². The largest absolute Gasteiger partial charge is 0.497 e. The number of methoxy groups -OCH3 is 1. The van der Waals surface area contributed by atoms with E-state index < -0.39 is 0 Å². The molecule has 2 heterocycles. The Balaban J connectivity index is 1.14. The van der Waals surface area contributed by atoms with Crippen molar-refractivity contribution >= 4 is 23.6 Å². The number of anilines is 2. The van der Waals surface area contributed by atoms with E-state index >= 15 is 0 Å². The van der Waals surface area contributed by atoms with Crippen LogP contribution >= 0.6 is 0 Å². The first-order chi connectivity index (χ1) is 21.5. The lowest BCUT2D eigenvalue weighted by Crippen LogP contribution is -2.39. The highest BCUT2D eigenvalue weighted by Gasteiger charge is 2.22. The van der Waals surface area contributed by atoms with Gasteiger partial charge in [-0.2, -0.15) is 0 Å². The molecule has 3 aromatic carbocycles. The molecule has 0 unspecified atom stereocenters. The van der Waals surface area contributed by atoms with Gasteiger partial charge in [0, 0.05) is 61.1 Å². The van der Waals surface area contributed by atoms with E-state index in [0.717, 1.165) is 48.6 Å². The normalized spacial score (nSPS) is 13.5. The highest BCUT2D eigenvalue weighted by atomic mass is 19.1. The number of allylic oxidation sites excluding steroid dienone is 1. The number of benzene rings is 3. The van der Waals surface area contributed by atoms with Crippen LogP contribution in [-0.2, 0) is 6.61 Å². The van der Waals surface area contributed by atoms with Gasteiger partial charge in [0.15, 0.2) is 5.82 Å². The zero-order chi connectivity index (χ0) is 30.7. The lowest BCUT2D eigenvalue weighted by Gasteiger charge is -2.33. The summed E-state index contributed by atoms with van der Waals surface area (Å²) >= 11 is 0. The summed E-state index contributed by atoms with van der Waals surface area (Å²) in [7, 11) is 1.54. The van der Waals surface area contributed by atoms with E-state index in [1.54, 1.807) is 55.9 Å². The predicted octanol–water partition coefficient (Wildman–Crippen LogP) is 6.09. The fraction of sp³-hybridized carbons (Fsp3) is 0.235. The summed E-state index contributed by atoms with van der Waals surface area (Å²) in [6.45, 7) is 2.46. The number of hydrogen-bond acceptors (Lipinski definition) is 8. The number of carbonyl (C=O) groups is 1. The van der Waals surface area contributed by atoms with Gasteiger partial charge in [-0.1, -0.05) is 24.3 Å². The summed E-state index contributed by atoms with van der Waals surface area (Å²) in [5.74, 6) is 2.39. The fourth-order valence-corrected chi connectivity index (χ4v) is 4.96. The molecule has 4 aromatic rings. The van der Waals surface area contributed by atoms with Gasteiger partial charge in [-0.3, -0.25) is 4.79 Å². The van der Waals surface area contributed by atoms with Crippen LogP contribution in [0.3, 0.4) is 0 Å². The summed E-state index contributed by atoms with van der Waals surface area (Å²) in [5, 5.41) is 13.3. The third-order valence-corrected chi connectivity index (χ3v) is 7.39. The molecule has 44 heavy (non-hydrogen) atoms. The van der Waals surface area contributed by atoms with Crippen LogP contribution in [0.5, 0.6) is 11.5 Å². The zero-order valence-electron chi connectivity index (χ0n) is 24.5. The second-order valence-electron chi connectivity index (χ2n) is 10.4. The number of nitrogens with zero attached hydrogens (tertiary/aromatic N) is 3. The number of halogens is 1. The second-order valence-corrected chi connectivity index (χ2v) is 10.4. The van der Waals surface area contributed by atoms with Crippen LogP contribution in [0.4, 0.5) is 15.9 Å². The Morgan fingerprint density at radius 3 is 2.64 bits per heavy atom. The number of ether oxygens (including phenoxy) is 2. The number of nitrogens with one attached hydrogen (secondary N) is 3. The molecular weight excluding hydrogens is 559 g/mol. The standard InChI is InChI=1S/C34H35FN6O3/c1-43-30-19-27(20-31(21-30)44-23-25-6-8-28(35)9-7-25)34(42)39-22-24-11-16-41(17-12-24)32-10-15-38-33(40-32)26-4-2-5-29(18-26)37-14-3-13-36/h2-10,13-15,18-21,24,36-37H,11-12,16-17,22-23H2,1H3,(H,39,42)/b14-3-,36-13?. The van der Waals surface area contributed by atoms with E-state index in [0.29, 0.717) is 35.3 Å². The monoisotopic (exact) mass is 594 g/mol. The van der Waals surface area contributed by atoms with Gasteiger partial charge in [0.25, 0.3) is 5.91 Å². The molecule has 1 amide bonds. The Kier molecular flexibility index (Phi) is 10.1. The van der Waals surface area contributed by atoms with E-state index in [1.807, 2.05) is 30.3 Å². The van der Waals surface area contributed by atoms with Gasteiger partial charge in [0.05, 0.1) is 7.11 Å². The zero-order valence-corrected chi connectivity index (χ0v) is 24.5. The van der Waals surface area contributed by atoms with Crippen molar-refractivity contribution in [1.82, 2.24) is 15.3 Å². The minimum Gasteiger partial charge on any atom is -0.497 e. The highest BCUT2D eigenvalue weighted by Crippen LogP contribution is 2.26. The molecule has 0 atom stereocenters. The molecule has 1 fully saturated rings. The van der Waals surface area contributed by atoms with Crippen molar-refractivity contribution in [3.05, 3.63) is 108 Å². The van der Waals surface area contributed by atoms with Gasteiger partial charge in [0.1, 0.15) is 29.7 Å². The van der Waals surface area contributed by atoms with Crippen molar-refractivity contribution in [2.24, 2.45) is 5.92 Å². The molecule has 3 N–H and O–H groups in total. The molecule has 10 heteroatoms. The van der Waals surface area contributed by atoms with Crippen LogP contribution in [-0.4, -0.2) is 48.8 Å². The van der Waals surface area contributed by atoms with E-state index in [9.17, 15) is 9.18 Å². The first-order valence-electron chi connectivity index (χ1n) is 14.5. The van der Waals surface area contributed by atoms with Crippen molar-refractivity contribution in [3.63, 3.8) is 0 Å². The fourth-order valence-electron chi connectivity index (χ4n) is 4.96. The minimum absolute atomic E-state index is 0.191. The average Bonchev–Trinajstić information content (AvgIpc) is 3.07. The van der Waals surface area contributed by atoms with Crippen LogP contribution < -0.4 is 25.0 Å². The molecule has 0 spiro atoms. The molecular formula is C34H35FN6O3. The maximum absolute atomic E-state index is 13.2. The van der Waals surface area contributed by atoms with Gasteiger partial charge < -0.3 is 30.4 Å². The van der Waals surface area contributed by atoms with Crippen molar-refractivity contribution in [2.45, 2.75) is 19.4 Å². The first kappa shape index (κ1) is 30.2. The lowest BCUT2D eigenvalue weighted by molar-refractivity contribution is 0.0944. The number of amides is 1. The van der Waals surface area contributed by atoms with Gasteiger partial charge in [0.2, 0.25) is 0 Å². The van der Waals surface area contributed by atoms with Crippen LogP contribution in [0.2, 0.25) is 0 Å². The van der Waals surface area contributed by atoms with Crippen molar-refractivity contribution < 1.29 is 18.7 Å². The highest BCUT2D eigenvalue weighted by molar-refractivity contribution is 5.95. The van der Waals surface area contributed by atoms with Gasteiger partial charge in [-0.25, -0.2) is 14.4 Å². The lowest BCUT2D eigenvalue weighted by atomic mass is 9.96. The molecule has 0 aliphatic carbocycles. The third kappa shape index (κ3) is 8.19. The average molecular weight is 595 g/mol. The van der Waals surface area contributed by atoms with Crippen LogP contribution in [0.25, 0.3) is 11.4 Å². The number of carbonyl (C=O) groups excluding carboxylic acids is 1. The van der Waals surface area contributed by atoms with Crippen LogP contribution in [0.1, 0.15) is 28.8 Å². The SMILES string of the molecule is COc1cc(OCc2ccc(F)cc2)cc(C(=O)NCC2CCN(c3ccnc(-c4cccc(N/C=C\C=N)c4)n3)CC2)c1. The summed E-state index contributed by atoms with van der Waals surface area (Å²) < 4.78 is 24.4. The van der Waals surface area contributed by atoms with Crippen molar-refractivity contribution in [1.29, 1.82) is 5.41 Å². The van der Waals surface area contributed by atoms with E-state index in [-0.39, 0.29) is 18.3 Å². The number of hydrogen-bond donors (Lipinski definition) is 3. The Morgan fingerprint density at radius 2 is 1.86 bits per heavy atom. The Labute approximate surface area is 256 Å². The number of aromatic nitrogens is 2.